The predicted molar refractivity (Wildman–Crippen MR) is 59.2 cm³/mol. The number of nitrogens with zero attached hydrogens (tertiary/aromatic N) is 1. The lowest BCUT2D eigenvalue weighted by atomic mass is 10.1. The lowest BCUT2D eigenvalue weighted by molar-refractivity contribution is 0.922. The van der Waals surface area contributed by atoms with E-state index in [1.807, 2.05) is 6.92 Å². The summed E-state index contributed by atoms with van der Waals surface area (Å²) in [6, 6.07) is 0.294. The fraction of sp³-hybridized carbons (Fsp3) is 0.417. The Morgan fingerprint density at radius 3 is 2.92 bits per heavy atom. The molecule has 1 unspecified atom stereocenters. The highest BCUT2D eigenvalue weighted by Crippen LogP contribution is 2.12. The van der Waals surface area contributed by atoms with E-state index in [4.69, 9.17) is 0 Å². The van der Waals surface area contributed by atoms with Crippen LogP contribution < -0.4 is 0 Å². The molecular formula is C12H17N. The summed E-state index contributed by atoms with van der Waals surface area (Å²) in [5.74, 6) is 0. The van der Waals surface area contributed by atoms with Crippen LogP contribution in [0.3, 0.4) is 0 Å². The molecule has 70 valence electrons. The zero-order chi connectivity index (χ0) is 9.84. The first-order valence-electron chi connectivity index (χ1n) is 4.66. The van der Waals surface area contributed by atoms with Gasteiger partial charge in [-0.05, 0) is 26.3 Å². The van der Waals surface area contributed by atoms with E-state index in [9.17, 15) is 0 Å². The zero-order valence-electron chi connectivity index (χ0n) is 8.67. The molecule has 0 spiro atoms. The maximum absolute atomic E-state index is 4.60. The van der Waals surface area contributed by atoms with Crippen molar-refractivity contribution in [3.63, 3.8) is 0 Å². The molecule has 0 fully saturated rings. The van der Waals surface area contributed by atoms with Crippen molar-refractivity contribution in [1.29, 1.82) is 0 Å². The van der Waals surface area contributed by atoms with Crippen LogP contribution in [-0.2, 0) is 0 Å². The van der Waals surface area contributed by atoms with Gasteiger partial charge >= 0.3 is 0 Å². The lowest BCUT2D eigenvalue weighted by Gasteiger charge is -2.07. The average molecular weight is 175 g/mol. The van der Waals surface area contributed by atoms with E-state index < -0.39 is 0 Å². The monoisotopic (exact) mass is 175 g/mol. The fourth-order valence-corrected chi connectivity index (χ4v) is 1.32. The minimum atomic E-state index is 0.294. The van der Waals surface area contributed by atoms with Gasteiger partial charge < -0.3 is 0 Å². The molecule has 1 heterocycles. The Hall–Kier alpha value is -1.11. The molecule has 1 nitrogen and oxygen atoms in total. The van der Waals surface area contributed by atoms with E-state index >= 15 is 0 Å². The number of hydrogen-bond donors (Lipinski definition) is 0. The second-order valence-corrected chi connectivity index (χ2v) is 3.68. The molecule has 1 aliphatic heterocycles. The second kappa shape index (κ2) is 4.22. The van der Waals surface area contributed by atoms with Crippen LogP contribution >= 0.6 is 0 Å². The van der Waals surface area contributed by atoms with Crippen molar-refractivity contribution in [2.75, 3.05) is 0 Å². The first-order chi connectivity index (χ1) is 6.09. The molecule has 0 N–H and O–H groups in total. The molecule has 0 saturated heterocycles. The Morgan fingerprint density at radius 1 is 1.62 bits per heavy atom. The molecule has 1 rings (SSSR count). The summed E-state index contributed by atoms with van der Waals surface area (Å²) in [6.45, 7) is 10.2. The third-order valence-electron chi connectivity index (χ3n) is 2.02. The van der Waals surface area contributed by atoms with Crippen LogP contribution in [0.25, 0.3) is 0 Å². The smallest absolute Gasteiger partial charge is 0.0658 e. The normalized spacial score (nSPS) is 21.9. The summed E-state index contributed by atoms with van der Waals surface area (Å²) < 4.78 is 0. The summed E-state index contributed by atoms with van der Waals surface area (Å²) in [4.78, 5) is 4.60. The van der Waals surface area contributed by atoms with E-state index in [1.54, 1.807) is 0 Å². The highest BCUT2D eigenvalue weighted by Gasteiger charge is 2.06. The molecule has 1 atom stereocenters. The minimum absolute atomic E-state index is 0.294. The maximum atomic E-state index is 4.60. The van der Waals surface area contributed by atoms with Gasteiger partial charge in [0.15, 0.2) is 0 Å². The van der Waals surface area contributed by atoms with E-state index in [0.717, 1.165) is 6.42 Å². The van der Waals surface area contributed by atoms with Crippen molar-refractivity contribution in [3.05, 3.63) is 36.0 Å². The van der Waals surface area contributed by atoms with Crippen molar-refractivity contribution >= 4 is 5.71 Å². The van der Waals surface area contributed by atoms with Crippen molar-refractivity contribution in [1.82, 2.24) is 0 Å². The number of hydrogen-bond acceptors (Lipinski definition) is 1. The Bertz CT molecular complexity index is 292. The van der Waals surface area contributed by atoms with E-state index in [0.29, 0.717) is 6.04 Å². The van der Waals surface area contributed by atoms with Crippen LogP contribution in [0.2, 0.25) is 0 Å². The van der Waals surface area contributed by atoms with Gasteiger partial charge in [-0.25, -0.2) is 0 Å². The first-order valence-corrected chi connectivity index (χ1v) is 4.66. The van der Waals surface area contributed by atoms with Crippen molar-refractivity contribution in [2.45, 2.75) is 33.2 Å². The van der Waals surface area contributed by atoms with Gasteiger partial charge in [-0.1, -0.05) is 30.4 Å². The molecule has 1 heteroatoms. The SMILES string of the molecule is C=C(C)CC1=NC(C)C=CC=C1C. The van der Waals surface area contributed by atoms with Crippen LogP contribution in [0.4, 0.5) is 0 Å². The standard InChI is InChI=1S/C12H17N/c1-9(2)8-12-10(3)6-5-7-11(4)13-12/h5-7,11H,1,8H2,2-4H3. The van der Waals surface area contributed by atoms with Gasteiger partial charge in [0.1, 0.15) is 0 Å². The van der Waals surface area contributed by atoms with Gasteiger partial charge in [-0.2, -0.15) is 0 Å². The Balaban J connectivity index is 2.86. The molecule has 0 amide bonds. The van der Waals surface area contributed by atoms with Gasteiger partial charge in [0.05, 0.1) is 6.04 Å². The Kier molecular flexibility index (Phi) is 3.24. The lowest BCUT2D eigenvalue weighted by Crippen LogP contribution is -2.04. The molecule has 0 aliphatic carbocycles. The molecule has 0 aromatic carbocycles. The van der Waals surface area contributed by atoms with Gasteiger partial charge in [0.2, 0.25) is 0 Å². The molecule has 0 radical (unpaired) electrons. The highest BCUT2D eigenvalue weighted by molar-refractivity contribution is 6.01. The molecule has 0 saturated carbocycles. The predicted octanol–water partition coefficient (Wildman–Crippen LogP) is 3.30. The summed E-state index contributed by atoms with van der Waals surface area (Å²) >= 11 is 0. The molecule has 0 aromatic rings. The van der Waals surface area contributed by atoms with Crippen LogP contribution in [-0.4, -0.2) is 11.8 Å². The summed E-state index contributed by atoms with van der Waals surface area (Å²) in [5, 5.41) is 0. The first kappa shape index (κ1) is 9.97. The Labute approximate surface area is 80.6 Å². The van der Waals surface area contributed by atoms with Crippen LogP contribution in [0.5, 0.6) is 0 Å². The fourth-order valence-electron chi connectivity index (χ4n) is 1.32. The summed E-state index contributed by atoms with van der Waals surface area (Å²) in [5.41, 5.74) is 3.59. The molecule has 0 aromatic heterocycles. The van der Waals surface area contributed by atoms with E-state index in [2.05, 4.69) is 43.6 Å². The largest absolute Gasteiger partial charge is 0.282 e. The summed E-state index contributed by atoms with van der Waals surface area (Å²) in [6.07, 6.45) is 7.20. The summed E-state index contributed by atoms with van der Waals surface area (Å²) in [7, 11) is 0. The van der Waals surface area contributed by atoms with Crippen molar-refractivity contribution < 1.29 is 0 Å². The third-order valence-corrected chi connectivity index (χ3v) is 2.02. The van der Waals surface area contributed by atoms with Gasteiger partial charge in [0.25, 0.3) is 0 Å². The molecule has 13 heavy (non-hydrogen) atoms. The Morgan fingerprint density at radius 2 is 2.31 bits per heavy atom. The highest BCUT2D eigenvalue weighted by atomic mass is 14.8. The third kappa shape index (κ3) is 3.02. The van der Waals surface area contributed by atoms with Crippen LogP contribution in [0.15, 0.2) is 40.9 Å². The molecule has 0 bridgehead atoms. The van der Waals surface area contributed by atoms with Gasteiger partial charge in [0, 0.05) is 12.1 Å². The maximum Gasteiger partial charge on any atom is 0.0658 e. The minimum Gasteiger partial charge on any atom is -0.282 e. The molecular weight excluding hydrogens is 158 g/mol. The molecule has 1 aliphatic rings. The average Bonchev–Trinajstić information content (AvgIpc) is 2.14. The van der Waals surface area contributed by atoms with Crippen molar-refractivity contribution in [3.8, 4) is 0 Å². The second-order valence-electron chi connectivity index (χ2n) is 3.68. The van der Waals surface area contributed by atoms with Gasteiger partial charge in [-0.15, -0.1) is 0 Å². The van der Waals surface area contributed by atoms with Crippen LogP contribution in [0, 0.1) is 0 Å². The van der Waals surface area contributed by atoms with Crippen LogP contribution in [0.1, 0.15) is 27.2 Å². The number of aliphatic imine (C=N–C) groups is 1. The number of rotatable bonds is 2. The number of allylic oxidation sites excluding steroid dienone is 4. The van der Waals surface area contributed by atoms with Gasteiger partial charge in [-0.3, -0.25) is 4.99 Å². The van der Waals surface area contributed by atoms with E-state index in [-0.39, 0.29) is 0 Å². The zero-order valence-corrected chi connectivity index (χ0v) is 8.67. The topological polar surface area (TPSA) is 12.4 Å². The van der Waals surface area contributed by atoms with Crippen molar-refractivity contribution in [2.24, 2.45) is 4.99 Å². The quantitative estimate of drug-likeness (QED) is 0.571. The van der Waals surface area contributed by atoms with E-state index in [1.165, 1.54) is 16.9 Å².